The summed E-state index contributed by atoms with van der Waals surface area (Å²) in [6.45, 7) is 0. The van der Waals surface area contributed by atoms with Crippen molar-refractivity contribution in [3.05, 3.63) is 59.2 Å². The molecule has 1 atom stereocenters. The van der Waals surface area contributed by atoms with Crippen molar-refractivity contribution in [1.29, 1.82) is 0 Å². The Morgan fingerprint density at radius 1 is 1.05 bits per heavy atom. The van der Waals surface area contributed by atoms with Gasteiger partial charge in [-0.25, -0.2) is 8.78 Å². The average Bonchev–Trinajstić information content (AvgIpc) is 2.49. The molecule has 21 heavy (non-hydrogen) atoms. The van der Waals surface area contributed by atoms with Gasteiger partial charge in [-0.1, -0.05) is 18.2 Å². The maximum atomic E-state index is 14.0. The first-order chi connectivity index (χ1) is 10.1. The Hall–Kier alpha value is -2.14. The fraction of sp³-hybridized carbons (Fsp3) is 0.250. The lowest BCUT2D eigenvalue weighted by atomic mass is 10.0. The van der Waals surface area contributed by atoms with E-state index in [4.69, 9.17) is 9.47 Å². The van der Waals surface area contributed by atoms with Gasteiger partial charge in [0.15, 0.2) is 23.1 Å². The molecule has 0 amide bonds. The second kappa shape index (κ2) is 6.54. The molecule has 0 aliphatic heterocycles. The summed E-state index contributed by atoms with van der Waals surface area (Å²) in [5, 5.41) is 10.1. The third-order valence-corrected chi connectivity index (χ3v) is 3.24. The molecule has 0 radical (unpaired) electrons. The third kappa shape index (κ3) is 3.31. The lowest BCUT2D eigenvalue weighted by Crippen LogP contribution is -2.05. The zero-order valence-electron chi connectivity index (χ0n) is 11.8. The van der Waals surface area contributed by atoms with Crippen LogP contribution in [0.5, 0.6) is 11.5 Å². The van der Waals surface area contributed by atoms with Crippen LogP contribution in [0.3, 0.4) is 0 Å². The first-order valence-corrected chi connectivity index (χ1v) is 6.39. The van der Waals surface area contributed by atoms with Crippen molar-refractivity contribution in [3.8, 4) is 11.5 Å². The molecule has 112 valence electrons. The summed E-state index contributed by atoms with van der Waals surface area (Å²) in [6, 6.07) is 8.85. The summed E-state index contributed by atoms with van der Waals surface area (Å²) in [5.41, 5.74) is 0.661. The van der Waals surface area contributed by atoms with Gasteiger partial charge in [-0.15, -0.1) is 0 Å². The van der Waals surface area contributed by atoms with Gasteiger partial charge in [0.25, 0.3) is 0 Å². The summed E-state index contributed by atoms with van der Waals surface area (Å²) in [5.74, 6) is -0.882. The number of ether oxygens (including phenoxy) is 2. The molecule has 0 saturated heterocycles. The molecule has 3 nitrogen and oxygen atoms in total. The number of benzene rings is 2. The van der Waals surface area contributed by atoms with Gasteiger partial charge < -0.3 is 14.6 Å². The first kappa shape index (κ1) is 15.3. The Morgan fingerprint density at radius 2 is 1.76 bits per heavy atom. The predicted octanol–water partition coefficient (Wildman–Crippen LogP) is 3.26. The van der Waals surface area contributed by atoms with Gasteiger partial charge in [0, 0.05) is 6.42 Å². The van der Waals surface area contributed by atoms with Gasteiger partial charge in [0.2, 0.25) is 0 Å². The van der Waals surface area contributed by atoms with E-state index in [9.17, 15) is 13.9 Å². The lowest BCUT2D eigenvalue weighted by Gasteiger charge is -2.14. The zero-order valence-corrected chi connectivity index (χ0v) is 11.8. The van der Waals surface area contributed by atoms with Crippen LogP contribution < -0.4 is 9.47 Å². The number of aliphatic hydroxyl groups excluding tert-OH is 1. The van der Waals surface area contributed by atoms with Crippen LogP contribution in [-0.4, -0.2) is 19.3 Å². The van der Waals surface area contributed by atoms with Crippen molar-refractivity contribution >= 4 is 0 Å². The smallest absolute Gasteiger partial charge is 0.168 e. The predicted molar refractivity (Wildman–Crippen MR) is 74.6 cm³/mol. The van der Waals surface area contributed by atoms with Crippen molar-refractivity contribution in [2.45, 2.75) is 12.5 Å². The van der Waals surface area contributed by atoms with E-state index in [0.29, 0.717) is 11.1 Å². The summed E-state index contributed by atoms with van der Waals surface area (Å²) in [7, 11) is 2.73. The van der Waals surface area contributed by atoms with Crippen LogP contribution in [0, 0.1) is 11.6 Å². The highest BCUT2D eigenvalue weighted by atomic mass is 19.1. The van der Waals surface area contributed by atoms with Gasteiger partial charge in [-0.05, 0) is 29.3 Å². The number of hydrogen-bond acceptors (Lipinski definition) is 3. The van der Waals surface area contributed by atoms with Crippen molar-refractivity contribution in [3.63, 3.8) is 0 Å². The number of halogens is 2. The molecule has 0 fully saturated rings. The average molecular weight is 294 g/mol. The van der Waals surface area contributed by atoms with Crippen LogP contribution >= 0.6 is 0 Å². The molecule has 0 aromatic heterocycles. The van der Waals surface area contributed by atoms with E-state index >= 15 is 0 Å². The minimum absolute atomic E-state index is 0.0226. The molecular weight excluding hydrogens is 278 g/mol. The largest absolute Gasteiger partial charge is 0.494 e. The lowest BCUT2D eigenvalue weighted by molar-refractivity contribution is 0.176. The van der Waals surface area contributed by atoms with Gasteiger partial charge in [0.05, 0.1) is 20.3 Å². The number of aliphatic hydroxyl groups is 1. The quantitative estimate of drug-likeness (QED) is 0.920. The van der Waals surface area contributed by atoms with Crippen LogP contribution in [-0.2, 0) is 6.42 Å². The number of methoxy groups -OCH3 is 2. The van der Waals surface area contributed by atoms with Crippen molar-refractivity contribution < 1.29 is 23.4 Å². The van der Waals surface area contributed by atoms with Crippen molar-refractivity contribution in [2.24, 2.45) is 0 Å². The van der Waals surface area contributed by atoms with E-state index in [0.717, 1.165) is 0 Å². The van der Waals surface area contributed by atoms with E-state index in [1.807, 2.05) is 0 Å². The van der Waals surface area contributed by atoms with Gasteiger partial charge in [-0.3, -0.25) is 0 Å². The SMILES string of the molecule is COc1ccc(C(O)Cc2cccc(OC)c2F)cc1F. The van der Waals surface area contributed by atoms with E-state index in [1.165, 1.54) is 32.4 Å². The molecule has 5 heteroatoms. The van der Waals surface area contributed by atoms with Crippen LogP contribution in [0.4, 0.5) is 8.78 Å². The van der Waals surface area contributed by atoms with E-state index in [1.54, 1.807) is 18.2 Å². The summed E-state index contributed by atoms with van der Waals surface area (Å²) >= 11 is 0. The molecule has 1 N–H and O–H groups in total. The summed E-state index contributed by atoms with van der Waals surface area (Å²) in [6.07, 6.45) is -0.999. The summed E-state index contributed by atoms with van der Waals surface area (Å²) < 4.78 is 37.3. The highest BCUT2D eigenvalue weighted by Crippen LogP contribution is 2.27. The molecule has 2 aromatic rings. The van der Waals surface area contributed by atoms with Crippen LogP contribution in [0.15, 0.2) is 36.4 Å². The Balaban J connectivity index is 2.22. The highest BCUT2D eigenvalue weighted by molar-refractivity contribution is 5.34. The number of hydrogen-bond donors (Lipinski definition) is 1. The Bertz CT molecular complexity index is 629. The third-order valence-electron chi connectivity index (χ3n) is 3.24. The first-order valence-electron chi connectivity index (χ1n) is 6.39. The van der Waals surface area contributed by atoms with Gasteiger partial charge >= 0.3 is 0 Å². The molecule has 0 aliphatic carbocycles. The molecule has 0 bridgehead atoms. The molecule has 0 heterocycles. The Kier molecular flexibility index (Phi) is 4.75. The van der Waals surface area contributed by atoms with E-state index in [-0.39, 0.29) is 17.9 Å². The fourth-order valence-electron chi connectivity index (χ4n) is 2.09. The topological polar surface area (TPSA) is 38.7 Å². The van der Waals surface area contributed by atoms with Crippen molar-refractivity contribution in [1.82, 2.24) is 0 Å². The van der Waals surface area contributed by atoms with Gasteiger partial charge in [0.1, 0.15) is 0 Å². The minimum Gasteiger partial charge on any atom is -0.494 e. The standard InChI is InChI=1S/C16H16F2O3/c1-20-14-7-6-10(8-12(14)17)13(19)9-11-4-3-5-15(21-2)16(11)18/h3-8,13,19H,9H2,1-2H3. The molecule has 0 spiro atoms. The zero-order chi connectivity index (χ0) is 15.4. The second-order valence-corrected chi connectivity index (χ2v) is 4.55. The number of rotatable bonds is 5. The molecular formula is C16H16F2O3. The van der Waals surface area contributed by atoms with Crippen molar-refractivity contribution in [2.75, 3.05) is 14.2 Å². The normalized spacial score (nSPS) is 12.0. The fourth-order valence-corrected chi connectivity index (χ4v) is 2.09. The second-order valence-electron chi connectivity index (χ2n) is 4.55. The molecule has 0 aliphatic rings. The van der Waals surface area contributed by atoms with Crippen LogP contribution in [0.1, 0.15) is 17.2 Å². The highest BCUT2D eigenvalue weighted by Gasteiger charge is 2.16. The molecule has 2 aromatic carbocycles. The van der Waals surface area contributed by atoms with E-state index < -0.39 is 17.7 Å². The maximum Gasteiger partial charge on any atom is 0.168 e. The van der Waals surface area contributed by atoms with Crippen LogP contribution in [0.25, 0.3) is 0 Å². The van der Waals surface area contributed by atoms with Crippen LogP contribution in [0.2, 0.25) is 0 Å². The minimum atomic E-state index is -1.02. The Morgan fingerprint density at radius 3 is 2.38 bits per heavy atom. The van der Waals surface area contributed by atoms with Gasteiger partial charge in [-0.2, -0.15) is 0 Å². The van der Waals surface area contributed by atoms with E-state index in [2.05, 4.69) is 0 Å². The summed E-state index contributed by atoms with van der Waals surface area (Å²) in [4.78, 5) is 0. The molecule has 2 rings (SSSR count). The maximum absolute atomic E-state index is 14.0. The Labute approximate surface area is 121 Å². The molecule has 0 saturated carbocycles. The molecule has 1 unspecified atom stereocenters. The monoisotopic (exact) mass is 294 g/mol.